The zero-order chi connectivity index (χ0) is 14.6. The molecule has 2 heterocycles. The molecule has 0 bridgehead atoms. The predicted octanol–water partition coefficient (Wildman–Crippen LogP) is 1.18. The lowest BCUT2D eigenvalue weighted by atomic mass is 9.91. The van der Waals surface area contributed by atoms with Gasteiger partial charge in [-0.25, -0.2) is 12.7 Å². The molecule has 0 saturated carbocycles. The van der Waals surface area contributed by atoms with E-state index in [0.717, 1.165) is 25.7 Å². The summed E-state index contributed by atoms with van der Waals surface area (Å²) in [5.41, 5.74) is 2.88. The van der Waals surface area contributed by atoms with Crippen molar-refractivity contribution in [3.63, 3.8) is 0 Å². The number of thiophene rings is 1. The summed E-state index contributed by atoms with van der Waals surface area (Å²) in [6.45, 7) is 1.28. The lowest BCUT2D eigenvalue weighted by Crippen LogP contribution is -2.43. The van der Waals surface area contributed by atoms with Crippen molar-refractivity contribution < 1.29 is 8.42 Å². The maximum Gasteiger partial charge on any atom is 0.211 e. The Balaban J connectivity index is 1.90. The Labute approximate surface area is 125 Å². The summed E-state index contributed by atoms with van der Waals surface area (Å²) in [5.74, 6) is 6.04. The van der Waals surface area contributed by atoms with Crippen LogP contribution in [0.5, 0.6) is 0 Å². The van der Waals surface area contributed by atoms with Crippen LogP contribution in [0.25, 0.3) is 0 Å². The summed E-state index contributed by atoms with van der Waals surface area (Å²) in [6, 6.07) is 4.36. The molecule has 1 saturated heterocycles. The van der Waals surface area contributed by atoms with Crippen LogP contribution in [0.1, 0.15) is 24.1 Å². The first-order valence-corrected chi connectivity index (χ1v) is 9.65. The van der Waals surface area contributed by atoms with Crippen LogP contribution >= 0.6 is 11.3 Å². The van der Waals surface area contributed by atoms with Crippen LogP contribution in [0.15, 0.2) is 17.5 Å². The largest absolute Gasteiger partial charge is 0.271 e. The number of hydrazine groups is 1. The van der Waals surface area contributed by atoms with Gasteiger partial charge in [-0.2, -0.15) is 0 Å². The van der Waals surface area contributed by atoms with E-state index in [1.165, 1.54) is 11.1 Å². The minimum absolute atomic E-state index is 0.207. The van der Waals surface area contributed by atoms with Crippen LogP contribution in [0.3, 0.4) is 0 Å². The third kappa shape index (κ3) is 4.53. The van der Waals surface area contributed by atoms with Crippen LogP contribution in [0.4, 0.5) is 0 Å². The molecule has 2 atom stereocenters. The number of hydrogen-bond donors (Lipinski definition) is 2. The molecule has 2 rings (SSSR count). The highest BCUT2D eigenvalue weighted by Crippen LogP contribution is 2.24. The van der Waals surface area contributed by atoms with Crippen molar-refractivity contribution in [1.82, 2.24) is 9.73 Å². The molecule has 0 aromatic carbocycles. The van der Waals surface area contributed by atoms with Gasteiger partial charge < -0.3 is 0 Å². The van der Waals surface area contributed by atoms with Gasteiger partial charge in [0, 0.05) is 24.0 Å². The van der Waals surface area contributed by atoms with Gasteiger partial charge in [-0.05, 0) is 43.0 Å². The molecular weight excluding hydrogens is 294 g/mol. The van der Waals surface area contributed by atoms with Crippen molar-refractivity contribution in [3.8, 4) is 0 Å². The van der Waals surface area contributed by atoms with Gasteiger partial charge in [0.25, 0.3) is 0 Å². The molecule has 5 nitrogen and oxygen atoms in total. The Bertz CT molecular complexity index is 502. The van der Waals surface area contributed by atoms with E-state index >= 15 is 0 Å². The van der Waals surface area contributed by atoms with E-state index in [1.54, 1.807) is 15.6 Å². The molecule has 1 aromatic heterocycles. The molecule has 3 N–H and O–H groups in total. The first kappa shape index (κ1) is 15.9. The molecule has 1 aromatic rings. The Kier molecular flexibility index (Phi) is 5.57. The van der Waals surface area contributed by atoms with Crippen LogP contribution in [-0.4, -0.2) is 38.1 Å². The van der Waals surface area contributed by atoms with Crippen LogP contribution < -0.4 is 11.3 Å². The van der Waals surface area contributed by atoms with E-state index in [0.29, 0.717) is 19.0 Å². The molecule has 0 radical (unpaired) electrons. The smallest absolute Gasteiger partial charge is 0.211 e. The highest BCUT2D eigenvalue weighted by atomic mass is 32.2. The molecule has 0 aliphatic carbocycles. The minimum atomic E-state index is -3.07. The molecule has 1 aliphatic heterocycles. The summed E-state index contributed by atoms with van der Waals surface area (Å²) in [6.07, 6.45) is 5.13. The Hall–Kier alpha value is -0.470. The summed E-state index contributed by atoms with van der Waals surface area (Å²) in [7, 11) is -3.07. The molecule has 114 valence electrons. The van der Waals surface area contributed by atoms with Crippen molar-refractivity contribution in [1.29, 1.82) is 0 Å². The van der Waals surface area contributed by atoms with Gasteiger partial charge in [-0.15, -0.1) is 11.3 Å². The summed E-state index contributed by atoms with van der Waals surface area (Å²) in [5, 5.41) is 2.06. The summed E-state index contributed by atoms with van der Waals surface area (Å²) in [4.78, 5) is 1.31. The second-order valence-corrected chi connectivity index (χ2v) is 8.53. The topological polar surface area (TPSA) is 75.4 Å². The molecular formula is C13H23N3O2S2. The van der Waals surface area contributed by atoms with E-state index in [1.807, 2.05) is 6.07 Å². The zero-order valence-corrected chi connectivity index (χ0v) is 13.4. The molecule has 2 unspecified atom stereocenters. The molecule has 20 heavy (non-hydrogen) atoms. The number of nitrogens with zero attached hydrogens (tertiary/aromatic N) is 1. The zero-order valence-electron chi connectivity index (χ0n) is 11.8. The second-order valence-electron chi connectivity index (χ2n) is 5.51. The van der Waals surface area contributed by atoms with Gasteiger partial charge in [-0.1, -0.05) is 6.07 Å². The Morgan fingerprint density at radius 2 is 2.40 bits per heavy atom. The Morgan fingerprint density at radius 1 is 1.60 bits per heavy atom. The van der Waals surface area contributed by atoms with Gasteiger partial charge in [0.15, 0.2) is 0 Å². The minimum Gasteiger partial charge on any atom is -0.271 e. The van der Waals surface area contributed by atoms with Gasteiger partial charge in [0.1, 0.15) is 0 Å². The van der Waals surface area contributed by atoms with E-state index in [-0.39, 0.29) is 6.04 Å². The molecule has 0 amide bonds. The lowest BCUT2D eigenvalue weighted by molar-refractivity contribution is 0.237. The number of rotatable bonds is 6. The number of piperidine rings is 1. The average molecular weight is 317 g/mol. The normalized spacial score (nSPS) is 22.8. The maximum absolute atomic E-state index is 11.6. The molecule has 0 spiro atoms. The fraction of sp³-hybridized carbons (Fsp3) is 0.692. The summed E-state index contributed by atoms with van der Waals surface area (Å²) >= 11 is 1.73. The van der Waals surface area contributed by atoms with Crippen molar-refractivity contribution in [2.45, 2.75) is 31.7 Å². The SMILES string of the molecule is CS(=O)(=O)N1CCCC(CC(Cc2cccs2)NN)C1. The third-order valence-corrected chi connectivity index (χ3v) is 6.00. The van der Waals surface area contributed by atoms with Gasteiger partial charge in [-0.3, -0.25) is 11.3 Å². The van der Waals surface area contributed by atoms with Crippen LogP contribution in [-0.2, 0) is 16.4 Å². The fourth-order valence-electron chi connectivity index (χ4n) is 2.80. The van der Waals surface area contributed by atoms with E-state index in [9.17, 15) is 8.42 Å². The highest BCUT2D eigenvalue weighted by Gasteiger charge is 2.27. The predicted molar refractivity (Wildman–Crippen MR) is 82.9 cm³/mol. The van der Waals surface area contributed by atoms with Gasteiger partial charge in [0.05, 0.1) is 6.26 Å². The number of hydrogen-bond acceptors (Lipinski definition) is 5. The van der Waals surface area contributed by atoms with Crippen molar-refractivity contribution >= 4 is 21.4 Å². The van der Waals surface area contributed by atoms with Gasteiger partial charge in [0.2, 0.25) is 10.0 Å². The molecule has 1 aliphatic rings. The van der Waals surface area contributed by atoms with E-state index in [2.05, 4.69) is 16.9 Å². The van der Waals surface area contributed by atoms with Crippen molar-refractivity contribution in [3.05, 3.63) is 22.4 Å². The first-order chi connectivity index (χ1) is 9.49. The standard InChI is InChI=1S/C13H23N3O2S2/c1-20(17,18)16-6-2-4-11(10-16)8-12(15-14)9-13-5-3-7-19-13/h3,5,7,11-12,15H,2,4,6,8-10,14H2,1H3. The van der Waals surface area contributed by atoms with Crippen LogP contribution in [0.2, 0.25) is 0 Å². The number of nitrogens with two attached hydrogens (primary N) is 1. The second kappa shape index (κ2) is 7.00. The maximum atomic E-state index is 11.6. The summed E-state index contributed by atoms with van der Waals surface area (Å²) < 4.78 is 24.9. The number of sulfonamides is 1. The quantitative estimate of drug-likeness (QED) is 0.610. The van der Waals surface area contributed by atoms with E-state index in [4.69, 9.17) is 5.84 Å². The van der Waals surface area contributed by atoms with Crippen LogP contribution in [0, 0.1) is 5.92 Å². The monoisotopic (exact) mass is 317 g/mol. The molecule has 7 heteroatoms. The van der Waals surface area contributed by atoms with E-state index < -0.39 is 10.0 Å². The third-order valence-electron chi connectivity index (χ3n) is 3.83. The van der Waals surface area contributed by atoms with Gasteiger partial charge >= 0.3 is 0 Å². The Morgan fingerprint density at radius 3 is 3.00 bits per heavy atom. The van der Waals surface area contributed by atoms with Crippen molar-refractivity contribution in [2.24, 2.45) is 11.8 Å². The first-order valence-electron chi connectivity index (χ1n) is 6.92. The highest BCUT2D eigenvalue weighted by molar-refractivity contribution is 7.88. The van der Waals surface area contributed by atoms with Crippen molar-refractivity contribution in [2.75, 3.05) is 19.3 Å². The lowest BCUT2D eigenvalue weighted by Gasteiger charge is -2.32. The average Bonchev–Trinajstić information content (AvgIpc) is 2.90. The fourth-order valence-corrected chi connectivity index (χ4v) is 4.53. The molecule has 1 fully saturated rings. The number of nitrogens with one attached hydrogen (secondary N) is 1.